The molecule has 1 rings (SSSR count). The van der Waals surface area contributed by atoms with Crippen LogP contribution in [0.5, 0.6) is 0 Å². The summed E-state index contributed by atoms with van der Waals surface area (Å²) in [4.78, 5) is 0. The Hall–Kier alpha value is -0.510. The van der Waals surface area contributed by atoms with Crippen molar-refractivity contribution in [2.24, 2.45) is 0 Å². The highest BCUT2D eigenvalue weighted by molar-refractivity contribution is 9.10. The van der Waals surface area contributed by atoms with Gasteiger partial charge in [0.1, 0.15) is 0 Å². The number of alkyl halides is 3. The normalized spacial score (nSPS) is 11.6. The Morgan fingerprint density at radius 2 is 1.45 bits per heavy atom. The van der Waals surface area contributed by atoms with Gasteiger partial charge in [-0.25, -0.2) is 0 Å². The molecule has 0 atom stereocenters. The van der Waals surface area contributed by atoms with Gasteiger partial charge in [-0.05, 0) is 24.3 Å². The molecule has 0 amide bonds. The molecule has 0 aliphatic rings. The molecular weight excluding hydrogens is 220 g/mol. The monoisotopic (exact) mass is 223 g/mol. The van der Waals surface area contributed by atoms with E-state index < -0.39 is 11.7 Å². The number of rotatable bonds is 0. The van der Waals surface area contributed by atoms with Crippen molar-refractivity contribution in [3.63, 3.8) is 0 Å². The summed E-state index contributed by atoms with van der Waals surface area (Å²) in [5.74, 6) is 0. The maximum Gasteiger partial charge on any atom is 0.416 e. The van der Waals surface area contributed by atoms with Gasteiger partial charge in [0, 0.05) is 4.47 Å². The van der Waals surface area contributed by atoms with E-state index in [1.54, 1.807) is 0 Å². The molecule has 1 aromatic rings. The minimum atomic E-state index is -4.24. The van der Waals surface area contributed by atoms with Crippen LogP contribution in [-0.4, -0.2) is 0 Å². The van der Waals surface area contributed by atoms with Gasteiger partial charge < -0.3 is 0 Å². The molecule has 60 valence electrons. The summed E-state index contributed by atoms with van der Waals surface area (Å²) in [6, 6.07) is 4.79. The average Bonchev–Trinajstić information content (AvgIpc) is 1.86. The van der Waals surface area contributed by atoms with Crippen LogP contribution < -0.4 is 0 Å². The van der Waals surface area contributed by atoms with E-state index >= 15 is 0 Å². The number of hydrogen-bond donors (Lipinski definition) is 0. The van der Waals surface area contributed by atoms with E-state index in [9.17, 15) is 13.2 Å². The van der Waals surface area contributed by atoms with Crippen molar-refractivity contribution < 1.29 is 13.2 Å². The van der Waals surface area contributed by atoms with Crippen LogP contribution in [0, 0.1) is 0 Å². The second-order valence-corrected chi connectivity index (χ2v) is 2.92. The van der Waals surface area contributed by atoms with Gasteiger partial charge in [0.2, 0.25) is 0 Å². The Morgan fingerprint density at radius 3 is 1.82 bits per heavy atom. The van der Waals surface area contributed by atoms with E-state index in [0.29, 0.717) is 4.47 Å². The molecule has 1 aromatic carbocycles. The number of halogens is 4. The van der Waals surface area contributed by atoms with Crippen LogP contribution in [0.3, 0.4) is 0 Å². The summed E-state index contributed by atoms with van der Waals surface area (Å²) in [6.07, 6.45) is -4.24. The predicted octanol–water partition coefficient (Wildman–Crippen LogP) is 3.47. The van der Waals surface area contributed by atoms with Gasteiger partial charge >= 0.3 is 6.18 Å². The maximum absolute atomic E-state index is 11.9. The fraction of sp³-hybridized carbons (Fsp3) is 0.143. The molecule has 0 spiro atoms. The summed E-state index contributed by atoms with van der Waals surface area (Å²) in [7, 11) is 0. The fourth-order valence-electron chi connectivity index (χ4n) is 0.639. The van der Waals surface area contributed by atoms with E-state index in [4.69, 9.17) is 0 Å². The number of benzene rings is 1. The molecule has 0 bridgehead atoms. The lowest BCUT2D eigenvalue weighted by molar-refractivity contribution is -0.137. The topological polar surface area (TPSA) is 0 Å². The van der Waals surface area contributed by atoms with Gasteiger partial charge in [0.05, 0.1) is 5.56 Å². The quantitative estimate of drug-likeness (QED) is 0.632. The Bertz CT molecular complexity index is 237. The Balaban J connectivity index is 2.99. The van der Waals surface area contributed by atoms with Gasteiger partial charge in [0.15, 0.2) is 0 Å². The molecule has 0 radical (unpaired) electrons. The maximum atomic E-state index is 11.9. The smallest absolute Gasteiger partial charge is 0.166 e. The van der Waals surface area contributed by atoms with Crippen LogP contribution in [0.1, 0.15) is 5.56 Å². The Morgan fingerprint density at radius 1 is 1.00 bits per heavy atom. The van der Waals surface area contributed by atoms with Crippen LogP contribution in [0.25, 0.3) is 0 Å². The number of hydrogen-bond acceptors (Lipinski definition) is 0. The zero-order valence-electron chi connectivity index (χ0n) is 5.32. The van der Waals surface area contributed by atoms with Crippen LogP contribution in [0.4, 0.5) is 13.2 Å². The molecule has 0 unspecified atom stereocenters. The molecule has 0 heterocycles. The van der Waals surface area contributed by atoms with Crippen LogP contribution in [0.2, 0.25) is 0 Å². The molecule has 0 saturated carbocycles. The highest BCUT2D eigenvalue weighted by atomic mass is 79.9. The standard InChI is InChI=1S/C7H4BrF3/c8-6-3-1-5(2-4-6)7(9,10)11/h1-4H/i9-1. The molecule has 0 saturated heterocycles. The average molecular weight is 224 g/mol. The molecule has 4 heteroatoms. The first-order chi connectivity index (χ1) is 5.00. The SMILES string of the molecule is FC(F)([18F])c1ccc(Br)cc1. The van der Waals surface area contributed by atoms with Gasteiger partial charge in [-0.2, -0.15) is 13.2 Å². The molecule has 0 nitrogen and oxygen atoms in total. The van der Waals surface area contributed by atoms with Gasteiger partial charge in [0.25, 0.3) is 0 Å². The first-order valence-electron chi connectivity index (χ1n) is 2.83. The van der Waals surface area contributed by atoms with E-state index in [1.165, 1.54) is 12.1 Å². The lowest BCUT2D eigenvalue weighted by atomic mass is 10.2. The van der Waals surface area contributed by atoms with Crippen molar-refractivity contribution >= 4 is 15.9 Å². The van der Waals surface area contributed by atoms with E-state index in [-0.39, 0.29) is 0 Å². The summed E-state index contributed by atoms with van der Waals surface area (Å²) < 4.78 is 36.4. The van der Waals surface area contributed by atoms with Gasteiger partial charge in [-0.3, -0.25) is 0 Å². The lowest BCUT2D eigenvalue weighted by Crippen LogP contribution is -2.03. The van der Waals surface area contributed by atoms with Crippen molar-refractivity contribution in [1.82, 2.24) is 0 Å². The summed E-state index contributed by atoms with van der Waals surface area (Å²) in [5, 5.41) is 0. The van der Waals surface area contributed by atoms with Gasteiger partial charge in [-0.15, -0.1) is 0 Å². The minimum absolute atomic E-state index is 0.624. The third kappa shape index (κ3) is 2.22. The highest BCUT2D eigenvalue weighted by Crippen LogP contribution is 2.29. The Labute approximate surface area is 70.2 Å². The Kier molecular flexibility index (Phi) is 2.23. The van der Waals surface area contributed by atoms with Crippen molar-refractivity contribution in [1.29, 1.82) is 0 Å². The van der Waals surface area contributed by atoms with E-state index in [0.717, 1.165) is 12.1 Å². The molecule has 0 aliphatic heterocycles. The van der Waals surface area contributed by atoms with Crippen LogP contribution in [0.15, 0.2) is 28.7 Å². The zero-order chi connectivity index (χ0) is 8.48. The summed E-state index contributed by atoms with van der Waals surface area (Å²) in [5.41, 5.74) is -0.624. The molecule has 11 heavy (non-hydrogen) atoms. The molecule has 0 N–H and O–H groups in total. The second kappa shape index (κ2) is 2.85. The third-order valence-electron chi connectivity index (χ3n) is 1.17. The lowest BCUT2D eigenvalue weighted by Gasteiger charge is -2.04. The molecule has 0 aromatic heterocycles. The molecule has 0 fully saturated rings. The van der Waals surface area contributed by atoms with Crippen molar-refractivity contribution in [3.05, 3.63) is 34.3 Å². The second-order valence-electron chi connectivity index (χ2n) is 2.00. The highest BCUT2D eigenvalue weighted by Gasteiger charge is 2.29. The van der Waals surface area contributed by atoms with Crippen molar-refractivity contribution in [2.75, 3.05) is 0 Å². The first-order valence-corrected chi connectivity index (χ1v) is 3.62. The van der Waals surface area contributed by atoms with Crippen LogP contribution >= 0.6 is 15.9 Å². The largest absolute Gasteiger partial charge is 0.416 e. The molecular formula is C7H4BrF3. The van der Waals surface area contributed by atoms with Crippen molar-refractivity contribution in [2.45, 2.75) is 6.18 Å². The third-order valence-corrected chi connectivity index (χ3v) is 1.70. The predicted molar refractivity (Wildman–Crippen MR) is 39.1 cm³/mol. The molecule has 0 aliphatic carbocycles. The van der Waals surface area contributed by atoms with E-state index in [2.05, 4.69) is 15.9 Å². The summed E-state index contributed by atoms with van der Waals surface area (Å²) in [6.45, 7) is 0. The first kappa shape index (κ1) is 8.59. The van der Waals surface area contributed by atoms with Crippen molar-refractivity contribution in [3.8, 4) is 0 Å². The van der Waals surface area contributed by atoms with Gasteiger partial charge in [-0.1, -0.05) is 15.9 Å². The zero-order valence-corrected chi connectivity index (χ0v) is 6.91. The minimum Gasteiger partial charge on any atom is -0.166 e. The fourth-order valence-corrected chi connectivity index (χ4v) is 0.903. The van der Waals surface area contributed by atoms with E-state index in [1.807, 2.05) is 0 Å². The van der Waals surface area contributed by atoms with Crippen LogP contribution in [-0.2, 0) is 6.18 Å². The summed E-state index contributed by atoms with van der Waals surface area (Å²) >= 11 is 3.04.